The van der Waals surface area contributed by atoms with Gasteiger partial charge in [0, 0.05) is 42.9 Å². The molecule has 1 unspecified atom stereocenters. The minimum atomic E-state index is -4.47. The number of aryl methyl sites for hydroxylation is 1. The van der Waals surface area contributed by atoms with Crippen LogP contribution in [0.15, 0.2) is 34.9 Å². The molecule has 1 atom stereocenters. The molecule has 32 heavy (non-hydrogen) atoms. The summed E-state index contributed by atoms with van der Waals surface area (Å²) in [5, 5.41) is 6.99. The van der Waals surface area contributed by atoms with Crippen LogP contribution >= 0.6 is 0 Å². The quantitative estimate of drug-likeness (QED) is 0.643. The molecule has 2 N–H and O–H groups in total. The number of rotatable bonds is 3. The van der Waals surface area contributed by atoms with E-state index in [1.807, 2.05) is 23.1 Å². The molecule has 168 valence electrons. The summed E-state index contributed by atoms with van der Waals surface area (Å²) in [7, 11) is 0. The van der Waals surface area contributed by atoms with Crippen molar-refractivity contribution in [3.63, 3.8) is 0 Å². The number of amides is 1. The number of anilines is 1. The van der Waals surface area contributed by atoms with Crippen LogP contribution < -0.4 is 15.5 Å². The van der Waals surface area contributed by atoms with Crippen molar-refractivity contribution < 1.29 is 22.4 Å². The summed E-state index contributed by atoms with van der Waals surface area (Å²) in [6.45, 7) is 4.39. The molecule has 2 aliphatic heterocycles. The third-order valence-corrected chi connectivity index (χ3v) is 6.22. The molecule has 0 bridgehead atoms. The number of nitrogens with zero attached hydrogens (tertiary/aromatic N) is 2. The fourth-order valence-electron chi connectivity index (χ4n) is 4.54. The van der Waals surface area contributed by atoms with Crippen molar-refractivity contribution in [2.45, 2.75) is 38.5 Å². The Labute approximate surface area is 182 Å². The van der Waals surface area contributed by atoms with E-state index in [4.69, 9.17) is 4.42 Å². The number of pyridine rings is 1. The van der Waals surface area contributed by atoms with E-state index >= 15 is 0 Å². The third kappa shape index (κ3) is 3.81. The standard InChI is InChI=1S/C23H23F3N4O2/c1-13-21(22(31)29-16-4-6-27-11-16)18-9-17(2-3-19(18)32-13)30-7-5-14-10-28-20(23(24,25)26)8-15(14)12-30/h2-3,8-10,16,27H,4-7,11-12H2,1H3,(H,29,31). The van der Waals surface area contributed by atoms with E-state index in [1.165, 1.54) is 6.20 Å². The highest BCUT2D eigenvalue weighted by Gasteiger charge is 2.33. The second kappa shape index (κ2) is 7.81. The van der Waals surface area contributed by atoms with Gasteiger partial charge in [-0.05, 0) is 61.7 Å². The summed E-state index contributed by atoms with van der Waals surface area (Å²) < 4.78 is 45.1. The maximum Gasteiger partial charge on any atom is 0.433 e. The number of nitrogens with one attached hydrogen (secondary N) is 2. The Morgan fingerprint density at radius 3 is 2.88 bits per heavy atom. The molecule has 0 aliphatic carbocycles. The van der Waals surface area contributed by atoms with Crippen LogP contribution in [0, 0.1) is 6.92 Å². The van der Waals surface area contributed by atoms with Crippen molar-refractivity contribution in [2.75, 3.05) is 24.5 Å². The zero-order valence-electron chi connectivity index (χ0n) is 17.6. The van der Waals surface area contributed by atoms with Gasteiger partial charge in [-0.3, -0.25) is 9.78 Å². The summed E-state index contributed by atoms with van der Waals surface area (Å²) in [6, 6.07) is 6.81. The van der Waals surface area contributed by atoms with Gasteiger partial charge in [-0.25, -0.2) is 0 Å². The number of furan rings is 1. The smallest absolute Gasteiger partial charge is 0.433 e. The first-order chi connectivity index (χ1) is 15.3. The average Bonchev–Trinajstić information content (AvgIpc) is 3.38. The van der Waals surface area contributed by atoms with Gasteiger partial charge in [-0.15, -0.1) is 0 Å². The summed E-state index contributed by atoms with van der Waals surface area (Å²) in [6.07, 6.45) is -1.65. The van der Waals surface area contributed by atoms with Gasteiger partial charge >= 0.3 is 6.18 Å². The number of aromatic nitrogens is 1. The van der Waals surface area contributed by atoms with Crippen molar-refractivity contribution in [2.24, 2.45) is 0 Å². The predicted octanol–water partition coefficient (Wildman–Crippen LogP) is 3.81. The Kier molecular flexibility index (Phi) is 5.08. The van der Waals surface area contributed by atoms with Gasteiger partial charge in [0.05, 0.1) is 5.56 Å². The summed E-state index contributed by atoms with van der Waals surface area (Å²) in [4.78, 5) is 18.5. The molecule has 1 aromatic carbocycles. The maximum absolute atomic E-state index is 13.1. The van der Waals surface area contributed by atoms with E-state index in [2.05, 4.69) is 15.6 Å². The number of hydrogen-bond acceptors (Lipinski definition) is 5. The van der Waals surface area contributed by atoms with E-state index in [0.717, 1.165) is 36.8 Å². The van der Waals surface area contributed by atoms with E-state index in [-0.39, 0.29) is 11.9 Å². The average molecular weight is 444 g/mol. The van der Waals surface area contributed by atoms with E-state index < -0.39 is 11.9 Å². The molecule has 3 aromatic rings. The van der Waals surface area contributed by atoms with Crippen LogP contribution in [0.2, 0.25) is 0 Å². The lowest BCUT2D eigenvalue weighted by Crippen LogP contribution is -2.36. The Balaban J connectivity index is 1.44. The van der Waals surface area contributed by atoms with Gasteiger partial charge in [0.2, 0.25) is 0 Å². The first-order valence-electron chi connectivity index (χ1n) is 10.6. The summed E-state index contributed by atoms with van der Waals surface area (Å²) in [5.74, 6) is 0.377. The number of halogens is 3. The molecule has 4 heterocycles. The van der Waals surface area contributed by atoms with Gasteiger partial charge in [0.25, 0.3) is 5.91 Å². The largest absolute Gasteiger partial charge is 0.461 e. The molecule has 6 nitrogen and oxygen atoms in total. The monoisotopic (exact) mass is 444 g/mol. The number of carbonyl (C=O) groups is 1. The highest BCUT2D eigenvalue weighted by Crippen LogP contribution is 2.34. The van der Waals surface area contributed by atoms with E-state index in [1.54, 1.807) is 6.92 Å². The van der Waals surface area contributed by atoms with Crippen LogP contribution in [-0.2, 0) is 19.1 Å². The van der Waals surface area contributed by atoms with Crippen LogP contribution in [0.5, 0.6) is 0 Å². The molecular weight excluding hydrogens is 421 g/mol. The van der Waals surface area contributed by atoms with Crippen LogP contribution in [-0.4, -0.2) is 36.6 Å². The normalized spacial score (nSPS) is 18.8. The first kappa shape index (κ1) is 20.8. The fourth-order valence-corrected chi connectivity index (χ4v) is 4.54. The minimum absolute atomic E-state index is 0.0880. The lowest BCUT2D eigenvalue weighted by atomic mass is 10.00. The van der Waals surface area contributed by atoms with Crippen LogP contribution in [0.4, 0.5) is 18.9 Å². The first-order valence-corrected chi connectivity index (χ1v) is 10.6. The molecule has 5 rings (SSSR count). The van der Waals surface area contributed by atoms with Crippen molar-refractivity contribution in [1.82, 2.24) is 15.6 Å². The number of benzene rings is 1. The fraction of sp³-hybridized carbons (Fsp3) is 0.391. The summed E-state index contributed by atoms with van der Waals surface area (Å²) in [5.41, 5.74) is 2.54. The third-order valence-electron chi connectivity index (χ3n) is 6.22. The molecule has 9 heteroatoms. The SMILES string of the molecule is Cc1oc2ccc(N3CCc4cnc(C(F)(F)F)cc4C3)cc2c1C(=O)NC1CCNC1. The Morgan fingerprint density at radius 1 is 1.28 bits per heavy atom. The molecule has 1 amide bonds. The molecule has 2 aliphatic rings. The summed E-state index contributed by atoms with van der Waals surface area (Å²) >= 11 is 0. The van der Waals surface area contributed by atoms with Gasteiger partial charge < -0.3 is 20.0 Å². The number of fused-ring (bicyclic) bond motifs is 2. The predicted molar refractivity (Wildman–Crippen MR) is 114 cm³/mol. The topological polar surface area (TPSA) is 70.4 Å². The van der Waals surface area contributed by atoms with Crippen LogP contribution in [0.3, 0.4) is 0 Å². The highest BCUT2D eigenvalue weighted by molar-refractivity contribution is 6.08. The molecule has 2 aromatic heterocycles. The van der Waals surface area contributed by atoms with Gasteiger partial charge in [0.15, 0.2) is 0 Å². The zero-order chi connectivity index (χ0) is 22.5. The molecule has 0 radical (unpaired) electrons. The van der Waals surface area contributed by atoms with E-state index in [9.17, 15) is 18.0 Å². The number of carbonyl (C=O) groups excluding carboxylic acids is 1. The Morgan fingerprint density at radius 2 is 2.12 bits per heavy atom. The second-order valence-electron chi connectivity index (χ2n) is 8.38. The van der Waals surface area contributed by atoms with E-state index in [0.29, 0.717) is 47.4 Å². The van der Waals surface area contributed by atoms with Crippen molar-refractivity contribution in [1.29, 1.82) is 0 Å². The molecule has 1 fully saturated rings. The van der Waals surface area contributed by atoms with Crippen LogP contribution in [0.1, 0.15) is 39.4 Å². The lowest BCUT2D eigenvalue weighted by Gasteiger charge is -2.31. The number of alkyl halides is 3. The second-order valence-corrected chi connectivity index (χ2v) is 8.38. The zero-order valence-corrected chi connectivity index (χ0v) is 17.6. The number of hydrogen-bond donors (Lipinski definition) is 2. The minimum Gasteiger partial charge on any atom is -0.461 e. The van der Waals surface area contributed by atoms with Gasteiger partial charge in [-0.2, -0.15) is 13.2 Å². The maximum atomic E-state index is 13.1. The molecule has 1 saturated heterocycles. The molecular formula is C23H23F3N4O2. The van der Waals surface area contributed by atoms with Gasteiger partial charge in [0.1, 0.15) is 17.0 Å². The van der Waals surface area contributed by atoms with Gasteiger partial charge in [-0.1, -0.05) is 0 Å². The van der Waals surface area contributed by atoms with Crippen molar-refractivity contribution >= 4 is 22.6 Å². The highest BCUT2D eigenvalue weighted by atomic mass is 19.4. The molecule has 0 saturated carbocycles. The van der Waals surface area contributed by atoms with Crippen molar-refractivity contribution in [3.8, 4) is 0 Å². The van der Waals surface area contributed by atoms with Crippen LogP contribution in [0.25, 0.3) is 11.0 Å². The Hall–Kier alpha value is -3.07. The molecule has 0 spiro atoms. The lowest BCUT2D eigenvalue weighted by molar-refractivity contribution is -0.141. The van der Waals surface area contributed by atoms with Crippen molar-refractivity contribution in [3.05, 3.63) is 58.6 Å². The Bertz CT molecular complexity index is 1180.